The molecule has 0 spiro atoms. The maximum Gasteiger partial charge on any atom is 0.472 e. The van der Waals surface area contributed by atoms with Crippen LogP contribution >= 0.6 is 7.82 Å². The van der Waals surface area contributed by atoms with Crippen LogP contribution in [0.2, 0.25) is 0 Å². The summed E-state index contributed by atoms with van der Waals surface area (Å²) in [5.74, 6) is -1.12. The highest BCUT2D eigenvalue weighted by molar-refractivity contribution is 7.47. The van der Waals surface area contributed by atoms with Gasteiger partial charge in [-0.05, 0) is 70.6 Å². The van der Waals surface area contributed by atoms with Crippen LogP contribution < -0.4 is 0 Å². The molecule has 0 radical (unpaired) electrons. The van der Waals surface area contributed by atoms with E-state index in [1.807, 2.05) is 0 Å². The molecular weight excluding hydrogens is 779 g/mol. The van der Waals surface area contributed by atoms with Gasteiger partial charge in [-0.15, -0.1) is 0 Å². The second-order valence-electron chi connectivity index (χ2n) is 15.9. The van der Waals surface area contributed by atoms with Gasteiger partial charge in [-0.2, -0.15) is 0 Å². The lowest BCUT2D eigenvalue weighted by Crippen LogP contribution is -2.64. The summed E-state index contributed by atoms with van der Waals surface area (Å²) in [6.45, 7) is 3.24. The van der Waals surface area contributed by atoms with Crippen molar-refractivity contribution in [3.05, 3.63) is 36.5 Å². The summed E-state index contributed by atoms with van der Waals surface area (Å²) >= 11 is 0. The van der Waals surface area contributed by atoms with Crippen molar-refractivity contribution >= 4 is 19.8 Å². The third kappa shape index (κ3) is 28.3. The van der Waals surface area contributed by atoms with E-state index in [-0.39, 0.29) is 12.8 Å². The van der Waals surface area contributed by atoms with Crippen molar-refractivity contribution in [3.8, 4) is 0 Å². The zero-order valence-corrected chi connectivity index (χ0v) is 37.2. The summed E-state index contributed by atoms with van der Waals surface area (Å²) in [4.78, 5) is 35.7. The minimum atomic E-state index is -5.12. The average molecular weight is 861 g/mol. The molecule has 0 aromatic rings. The lowest BCUT2D eigenvalue weighted by Gasteiger charge is -2.41. The highest BCUT2D eigenvalue weighted by Crippen LogP contribution is 2.47. The predicted octanol–water partition coefficient (Wildman–Crippen LogP) is 8.61. The molecule has 0 heterocycles. The molecule has 59 heavy (non-hydrogen) atoms. The van der Waals surface area contributed by atoms with Crippen LogP contribution in [0.5, 0.6) is 0 Å². The van der Waals surface area contributed by atoms with Gasteiger partial charge in [0.15, 0.2) is 6.10 Å². The van der Waals surface area contributed by atoms with E-state index in [2.05, 4.69) is 50.3 Å². The molecule has 0 aliphatic heterocycles. The second kappa shape index (κ2) is 35.6. The summed E-state index contributed by atoms with van der Waals surface area (Å²) in [5, 5.41) is 50.1. The molecule has 344 valence electrons. The Morgan fingerprint density at radius 2 is 0.915 bits per heavy atom. The lowest BCUT2D eigenvalue weighted by atomic mass is 9.85. The highest BCUT2D eigenvalue weighted by Gasteiger charge is 2.51. The van der Waals surface area contributed by atoms with E-state index in [1.165, 1.54) is 57.8 Å². The van der Waals surface area contributed by atoms with E-state index in [4.69, 9.17) is 18.5 Å². The van der Waals surface area contributed by atoms with Gasteiger partial charge in [-0.25, -0.2) is 4.57 Å². The largest absolute Gasteiger partial charge is 0.472 e. The molecule has 1 rings (SSSR count). The Labute approximate surface area is 355 Å². The molecule has 1 saturated carbocycles. The number of esters is 2. The zero-order valence-electron chi connectivity index (χ0n) is 36.3. The second-order valence-corrected chi connectivity index (χ2v) is 17.3. The van der Waals surface area contributed by atoms with Crippen LogP contribution in [0.15, 0.2) is 36.5 Å². The average Bonchev–Trinajstić information content (AvgIpc) is 3.21. The van der Waals surface area contributed by atoms with Crippen molar-refractivity contribution in [1.29, 1.82) is 0 Å². The van der Waals surface area contributed by atoms with E-state index in [1.54, 1.807) is 0 Å². The lowest BCUT2D eigenvalue weighted by molar-refractivity contribution is -0.220. The first-order valence-corrected chi connectivity index (χ1v) is 24.3. The molecule has 0 amide bonds. The number of unbranched alkanes of at least 4 members (excludes halogenated alkanes) is 19. The Kier molecular flexibility index (Phi) is 33.3. The molecule has 1 aliphatic carbocycles. The zero-order chi connectivity index (χ0) is 43.6. The quantitative estimate of drug-likeness (QED) is 0.0150. The summed E-state index contributed by atoms with van der Waals surface area (Å²) in [5.41, 5.74) is 0. The Balaban J connectivity index is 2.49. The predicted molar refractivity (Wildman–Crippen MR) is 230 cm³/mol. The van der Waals surface area contributed by atoms with Gasteiger partial charge in [-0.1, -0.05) is 134 Å². The summed E-state index contributed by atoms with van der Waals surface area (Å²) in [7, 11) is -5.12. The number of ether oxygens (including phenoxy) is 2. The Bertz CT molecular complexity index is 1180. The van der Waals surface area contributed by atoms with Gasteiger partial charge in [0, 0.05) is 12.8 Å². The van der Waals surface area contributed by atoms with Crippen LogP contribution in [0.4, 0.5) is 0 Å². The third-order valence-corrected chi connectivity index (χ3v) is 11.4. The van der Waals surface area contributed by atoms with Gasteiger partial charge in [-0.3, -0.25) is 18.6 Å². The molecule has 0 aromatic carbocycles. The van der Waals surface area contributed by atoms with Gasteiger partial charge in [0.05, 0.1) is 6.61 Å². The van der Waals surface area contributed by atoms with Crippen LogP contribution in [-0.4, -0.2) is 98.3 Å². The van der Waals surface area contributed by atoms with E-state index in [0.29, 0.717) is 12.8 Å². The van der Waals surface area contributed by atoms with Crippen LogP contribution in [0.25, 0.3) is 0 Å². The maximum absolute atomic E-state index is 12.8. The van der Waals surface area contributed by atoms with E-state index < -0.39 is 75.7 Å². The number of aliphatic hydroxyl groups is 5. The van der Waals surface area contributed by atoms with E-state index in [9.17, 15) is 44.6 Å². The summed E-state index contributed by atoms with van der Waals surface area (Å²) in [6.07, 6.45) is 26.2. The first-order chi connectivity index (χ1) is 28.4. The number of allylic oxidation sites excluding steroid dienone is 6. The fourth-order valence-corrected chi connectivity index (χ4v) is 7.70. The van der Waals surface area contributed by atoms with E-state index >= 15 is 0 Å². The first-order valence-electron chi connectivity index (χ1n) is 22.8. The fraction of sp³-hybridized carbons (Fsp3) is 0.822. The monoisotopic (exact) mass is 861 g/mol. The molecule has 6 N–H and O–H groups in total. The van der Waals surface area contributed by atoms with Crippen LogP contribution in [0.1, 0.15) is 181 Å². The van der Waals surface area contributed by atoms with Crippen molar-refractivity contribution in [1.82, 2.24) is 0 Å². The number of phosphoric ester groups is 1. The summed E-state index contributed by atoms with van der Waals surface area (Å²) < 4.78 is 33.5. The van der Waals surface area contributed by atoms with Crippen molar-refractivity contribution in [2.75, 3.05) is 13.2 Å². The van der Waals surface area contributed by atoms with Crippen molar-refractivity contribution in [3.63, 3.8) is 0 Å². The third-order valence-electron chi connectivity index (χ3n) is 10.5. The smallest absolute Gasteiger partial charge is 0.462 e. The number of hydrogen-bond acceptors (Lipinski definition) is 12. The van der Waals surface area contributed by atoms with Crippen LogP contribution in [-0.2, 0) is 32.7 Å². The van der Waals surface area contributed by atoms with Crippen molar-refractivity contribution in [2.45, 2.75) is 224 Å². The molecule has 6 unspecified atom stereocenters. The molecule has 14 heteroatoms. The van der Waals surface area contributed by atoms with Crippen LogP contribution in [0.3, 0.4) is 0 Å². The number of carbonyl (C=O) groups is 2. The number of carbonyl (C=O) groups excluding carboxylic acids is 2. The highest BCUT2D eigenvalue weighted by atomic mass is 31.2. The van der Waals surface area contributed by atoms with Crippen molar-refractivity contribution in [2.24, 2.45) is 0 Å². The molecule has 0 saturated heterocycles. The van der Waals surface area contributed by atoms with Crippen molar-refractivity contribution < 1.29 is 63.1 Å². The SMILES string of the molecule is CCCCCC=CCC=CCCCCCCCC(=O)OC[C@H](COP(=O)(O)OC1C(O)C(O)C(O)[C@@H](O)C1O)OC(=O)CCCCCCCC=CCCCCCCCC. The number of aliphatic hydroxyl groups excluding tert-OH is 5. The normalized spacial score (nSPS) is 22.6. The number of rotatable bonds is 37. The standard InChI is InChI=1S/C45H81O13P/c1-3-5-7-9-11-13-15-17-19-21-23-25-27-29-31-33-38(46)55-35-37(36-56-59(53,54)58-45-43(51)41(49)40(48)42(50)44(45)52)57-39(47)34-32-30-28-26-24-22-20-18-16-14-12-10-8-6-4-2/h11,13,17-20,37,40-45,48-52H,3-10,12,14-16,21-36H2,1-2H3,(H,53,54)/t37-,40?,41-,42?,43?,44?,45?/m1/s1. The molecule has 1 fully saturated rings. The van der Waals surface area contributed by atoms with Gasteiger partial charge in [0.1, 0.15) is 43.2 Å². The minimum Gasteiger partial charge on any atom is -0.462 e. The minimum absolute atomic E-state index is 0.0837. The summed E-state index contributed by atoms with van der Waals surface area (Å²) in [6, 6.07) is 0. The number of phosphoric acid groups is 1. The Hall–Kier alpha value is -1.93. The van der Waals surface area contributed by atoms with Gasteiger partial charge in [0.25, 0.3) is 0 Å². The number of hydrogen-bond donors (Lipinski definition) is 6. The van der Waals surface area contributed by atoms with Crippen LogP contribution in [0, 0.1) is 0 Å². The first kappa shape index (κ1) is 55.1. The molecule has 0 aromatic heterocycles. The van der Waals surface area contributed by atoms with Gasteiger partial charge >= 0.3 is 19.8 Å². The topological polar surface area (TPSA) is 210 Å². The molecule has 0 bridgehead atoms. The molecule has 1 aliphatic rings. The fourth-order valence-electron chi connectivity index (χ4n) is 6.72. The van der Waals surface area contributed by atoms with Gasteiger partial charge in [0.2, 0.25) is 0 Å². The molecular formula is C45H81O13P. The molecule has 8 atom stereocenters. The Morgan fingerprint density at radius 3 is 1.42 bits per heavy atom. The molecule has 13 nitrogen and oxygen atoms in total. The van der Waals surface area contributed by atoms with E-state index in [0.717, 1.165) is 83.5 Å². The van der Waals surface area contributed by atoms with Gasteiger partial charge < -0.3 is 39.9 Å². The maximum atomic E-state index is 12.8. The Morgan fingerprint density at radius 1 is 0.525 bits per heavy atom.